The number of fused-ring (bicyclic) bond motifs is 1. The third kappa shape index (κ3) is 4.74. The van der Waals surface area contributed by atoms with Crippen molar-refractivity contribution in [2.24, 2.45) is 5.92 Å². The highest BCUT2D eigenvalue weighted by Gasteiger charge is 2.48. The zero-order valence-electron chi connectivity index (χ0n) is 18.5. The summed E-state index contributed by atoms with van der Waals surface area (Å²) in [7, 11) is 0. The van der Waals surface area contributed by atoms with Crippen LogP contribution in [0.1, 0.15) is 72.3 Å². The Hall–Kier alpha value is -2.63. The third-order valence-corrected chi connectivity index (χ3v) is 4.86. The highest BCUT2D eigenvalue weighted by molar-refractivity contribution is 6.04. The number of hydrogen-bond donors (Lipinski definition) is 0. The zero-order chi connectivity index (χ0) is 22.3. The van der Waals surface area contributed by atoms with Crippen LogP contribution in [0.3, 0.4) is 0 Å². The molecule has 0 aromatic heterocycles. The first-order valence-electron chi connectivity index (χ1n) is 10.4. The van der Waals surface area contributed by atoms with Crippen molar-refractivity contribution in [3.05, 3.63) is 41.2 Å². The molecule has 0 spiro atoms. The Kier molecular flexibility index (Phi) is 5.81. The molecule has 0 fully saturated rings. The van der Waals surface area contributed by atoms with Crippen LogP contribution in [0.25, 0.3) is 0 Å². The van der Waals surface area contributed by atoms with Gasteiger partial charge in [0.2, 0.25) is 0 Å². The summed E-state index contributed by atoms with van der Waals surface area (Å²) in [5.74, 6) is -2.54. The van der Waals surface area contributed by atoms with Gasteiger partial charge in [0.05, 0.1) is 0 Å². The molecule has 1 unspecified atom stereocenters. The Morgan fingerprint density at radius 3 is 2.10 bits per heavy atom. The summed E-state index contributed by atoms with van der Waals surface area (Å²) in [5.41, 5.74) is -0.582. The number of rotatable bonds is 3. The fourth-order valence-corrected chi connectivity index (χ4v) is 3.85. The van der Waals surface area contributed by atoms with E-state index in [4.69, 9.17) is 14.2 Å². The highest BCUT2D eigenvalue weighted by atomic mass is 16.6. The number of para-hydroxylation sites is 1. The lowest BCUT2D eigenvalue weighted by atomic mass is 9.73. The summed E-state index contributed by atoms with van der Waals surface area (Å²) in [6, 6.07) is 7.19. The lowest BCUT2D eigenvalue weighted by molar-refractivity contribution is -0.175. The summed E-state index contributed by atoms with van der Waals surface area (Å²) in [5, 5.41) is 0. The van der Waals surface area contributed by atoms with Crippen LogP contribution in [0, 0.1) is 5.92 Å². The van der Waals surface area contributed by atoms with Crippen LogP contribution in [0.2, 0.25) is 0 Å². The molecule has 1 aliphatic heterocycles. The molecule has 3 rings (SSSR count). The Labute approximate surface area is 177 Å². The molecular weight excluding hydrogens is 384 g/mol. The number of esters is 2. The van der Waals surface area contributed by atoms with E-state index < -0.39 is 35.0 Å². The van der Waals surface area contributed by atoms with Crippen LogP contribution in [0.4, 0.5) is 0 Å². The molecule has 0 radical (unpaired) electrons. The zero-order valence-corrected chi connectivity index (χ0v) is 18.5. The van der Waals surface area contributed by atoms with Crippen LogP contribution in [0.15, 0.2) is 35.6 Å². The smallest absolute Gasteiger partial charge is 0.321 e. The van der Waals surface area contributed by atoms with E-state index in [1.807, 2.05) is 6.07 Å². The van der Waals surface area contributed by atoms with Gasteiger partial charge in [0.15, 0.2) is 11.7 Å². The second kappa shape index (κ2) is 7.89. The first kappa shape index (κ1) is 22.1. The molecule has 0 N–H and O–H groups in total. The number of carbonyl (C=O) groups excluding carboxylic acids is 3. The van der Waals surface area contributed by atoms with Gasteiger partial charge < -0.3 is 14.2 Å². The number of ether oxygens (including phenoxy) is 3. The van der Waals surface area contributed by atoms with Crippen LogP contribution in [-0.4, -0.2) is 28.9 Å². The monoisotopic (exact) mass is 414 g/mol. The predicted molar refractivity (Wildman–Crippen MR) is 111 cm³/mol. The number of allylic oxidation sites excluding steroid dienone is 2. The molecule has 6 nitrogen and oxygen atoms in total. The van der Waals surface area contributed by atoms with Crippen LogP contribution in [-0.2, 0) is 23.9 Å². The molecule has 0 bridgehead atoms. The van der Waals surface area contributed by atoms with Crippen molar-refractivity contribution >= 4 is 17.7 Å². The summed E-state index contributed by atoms with van der Waals surface area (Å²) in [6.07, 6.45) is 1.62. The topological polar surface area (TPSA) is 78.9 Å². The first-order chi connectivity index (χ1) is 13.9. The average molecular weight is 414 g/mol. The van der Waals surface area contributed by atoms with Crippen molar-refractivity contribution in [1.29, 1.82) is 0 Å². The molecule has 2 aliphatic rings. The van der Waals surface area contributed by atoms with Gasteiger partial charge in [-0.1, -0.05) is 18.2 Å². The Morgan fingerprint density at radius 1 is 0.967 bits per heavy atom. The van der Waals surface area contributed by atoms with Gasteiger partial charge in [-0.3, -0.25) is 14.4 Å². The minimum absolute atomic E-state index is 0.104. The number of ketones is 1. The minimum atomic E-state index is -1.31. The maximum absolute atomic E-state index is 13.3. The van der Waals surface area contributed by atoms with Crippen molar-refractivity contribution in [3.63, 3.8) is 0 Å². The number of Topliss-reactive ketones (excluding diaryl/α,β-unsaturated/α-hetero) is 1. The third-order valence-electron chi connectivity index (χ3n) is 4.86. The maximum atomic E-state index is 13.3. The van der Waals surface area contributed by atoms with Gasteiger partial charge in [-0.05, 0) is 54.0 Å². The van der Waals surface area contributed by atoms with E-state index in [0.29, 0.717) is 41.9 Å². The van der Waals surface area contributed by atoms with E-state index in [1.54, 1.807) is 59.7 Å². The number of benzene rings is 1. The predicted octanol–water partition coefficient (Wildman–Crippen LogP) is 4.47. The molecule has 30 heavy (non-hydrogen) atoms. The minimum Gasteiger partial charge on any atom is -0.461 e. The molecular formula is C24H30O6. The van der Waals surface area contributed by atoms with E-state index in [-0.39, 0.29) is 5.78 Å². The van der Waals surface area contributed by atoms with Gasteiger partial charge in [-0.25, -0.2) is 0 Å². The van der Waals surface area contributed by atoms with Crippen molar-refractivity contribution in [3.8, 4) is 5.75 Å². The van der Waals surface area contributed by atoms with E-state index in [1.165, 1.54) is 0 Å². The van der Waals surface area contributed by atoms with Gasteiger partial charge in [0, 0.05) is 29.9 Å². The molecule has 1 aromatic rings. The van der Waals surface area contributed by atoms with Gasteiger partial charge in [-0.2, -0.15) is 0 Å². The molecule has 1 heterocycles. The molecule has 1 aromatic carbocycles. The van der Waals surface area contributed by atoms with Crippen LogP contribution >= 0.6 is 0 Å². The molecule has 6 heteroatoms. The Balaban J connectivity index is 2.16. The van der Waals surface area contributed by atoms with E-state index in [2.05, 4.69) is 0 Å². The van der Waals surface area contributed by atoms with Gasteiger partial charge >= 0.3 is 11.9 Å². The second-order valence-electron chi connectivity index (χ2n) is 9.78. The quantitative estimate of drug-likeness (QED) is 0.536. The van der Waals surface area contributed by atoms with Gasteiger partial charge in [0.25, 0.3) is 0 Å². The normalized spacial score (nSPS) is 19.0. The molecule has 0 saturated heterocycles. The van der Waals surface area contributed by atoms with Gasteiger partial charge in [-0.15, -0.1) is 0 Å². The largest absolute Gasteiger partial charge is 0.461 e. The number of carbonyl (C=O) groups is 3. The molecule has 1 aliphatic carbocycles. The molecule has 1 atom stereocenters. The van der Waals surface area contributed by atoms with E-state index in [0.717, 1.165) is 0 Å². The summed E-state index contributed by atoms with van der Waals surface area (Å²) < 4.78 is 17.2. The highest BCUT2D eigenvalue weighted by Crippen LogP contribution is 2.47. The van der Waals surface area contributed by atoms with Crippen LogP contribution in [0.5, 0.6) is 5.75 Å². The van der Waals surface area contributed by atoms with E-state index in [9.17, 15) is 14.4 Å². The summed E-state index contributed by atoms with van der Waals surface area (Å²) in [4.78, 5) is 39.5. The summed E-state index contributed by atoms with van der Waals surface area (Å²) >= 11 is 0. The lowest BCUT2D eigenvalue weighted by Crippen LogP contribution is -2.42. The molecule has 162 valence electrons. The molecule has 0 saturated carbocycles. The summed E-state index contributed by atoms with van der Waals surface area (Å²) in [6.45, 7) is 10.4. The number of hydrogen-bond acceptors (Lipinski definition) is 6. The fraction of sp³-hybridized carbons (Fsp3) is 0.542. The standard InChI is InChI=1S/C24H30O6/c1-23(2,3)29-21(26)20(22(27)30-24(4,5)6)18-14-10-7-8-12-16(14)28-17-13-9-11-15(25)19(17)18/h7-8,10,12,18,20H,9,11,13H2,1-6H3. The van der Waals surface area contributed by atoms with Crippen molar-refractivity contribution < 1.29 is 28.6 Å². The SMILES string of the molecule is CC(C)(C)OC(=O)C(C(=O)OC(C)(C)C)C1C2=C(CCCC2=O)Oc2ccccc21. The van der Waals surface area contributed by atoms with Crippen molar-refractivity contribution in [2.45, 2.75) is 77.9 Å². The Morgan fingerprint density at radius 2 is 1.53 bits per heavy atom. The lowest BCUT2D eigenvalue weighted by Gasteiger charge is -2.36. The van der Waals surface area contributed by atoms with Crippen molar-refractivity contribution in [2.75, 3.05) is 0 Å². The Bertz CT molecular complexity index is 869. The molecule has 0 amide bonds. The van der Waals surface area contributed by atoms with E-state index >= 15 is 0 Å². The average Bonchev–Trinajstić information content (AvgIpc) is 2.58. The first-order valence-corrected chi connectivity index (χ1v) is 10.4. The van der Waals surface area contributed by atoms with Gasteiger partial charge in [0.1, 0.15) is 22.7 Å². The second-order valence-corrected chi connectivity index (χ2v) is 9.78. The fourth-order valence-electron chi connectivity index (χ4n) is 3.85. The van der Waals surface area contributed by atoms with Crippen molar-refractivity contribution in [1.82, 2.24) is 0 Å². The maximum Gasteiger partial charge on any atom is 0.321 e. The van der Waals surface area contributed by atoms with Crippen LogP contribution < -0.4 is 4.74 Å².